The molecule has 462 valence electrons. The van der Waals surface area contributed by atoms with Crippen molar-refractivity contribution in [1.82, 2.24) is 5.32 Å². The number of esters is 1. The van der Waals surface area contributed by atoms with Crippen molar-refractivity contribution in [1.29, 1.82) is 0 Å². The number of allylic oxidation sites excluding steroid dienone is 4. The summed E-state index contributed by atoms with van der Waals surface area (Å²) in [7, 11) is 0. The highest BCUT2D eigenvalue weighted by atomic mass is 16.5. The lowest BCUT2D eigenvalue weighted by atomic mass is 10.0. The molecule has 2 unspecified atom stereocenters. The molecule has 2 atom stereocenters. The molecule has 1 amide bonds. The Morgan fingerprint density at radius 3 is 1.00 bits per heavy atom. The van der Waals surface area contributed by atoms with Crippen LogP contribution in [0.5, 0.6) is 0 Å². The second kappa shape index (κ2) is 67.8. The summed E-state index contributed by atoms with van der Waals surface area (Å²) in [5.74, 6) is -0.0217. The lowest BCUT2D eigenvalue weighted by molar-refractivity contribution is -0.143. The second-order valence-electron chi connectivity index (χ2n) is 24.6. The molecular weight excluding hydrogens is 959 g/mol. The third kappa shape index (κ3) is 63.5. The summed E-state index contributed by atoms with van der Waals surface area (Å²) in [6, 6.07) is -0.539. The van der Waals surface area contributed by atoms with Crippen LogP contribution in [0, 0.1) is 0 Å². The third-order valence-electron chi connectivity index (χ3n) is 16.8. The van der Waals surface area contributed by atoms with Crippen LogP contribution >= 0.6 is 0 Å². The average Bonchev–Trinajstić information content (AvgIpc) is 3.44. The van der Waals surface area contributed by atoms with E-state index < -0.39 is 12.1 Å². The number of hydrogen-bond donors (Lipinski definition) is 3. The van der Waals surface area contributed by atoms with Crippen molar-refractivity contribution in [2.75, 3.05) is 13.2 Å². The zero-order chi connectivity index (χ0) is 56.4. The smallest absolute Gasteiger partial charge is 0.305 e. The van der Waals surface area contributed by atoms with Crippen LogP contribution in [0.2, 0.25) is 0 Å². The molecule has 0 rings (SSSR count). The molecule has 3 N–H and O–H groups in total. The molecule has 0 spiro atoms. The normalized spacial score (nSPS) is 12.6. The Balaban J connectivity index is 3.34. The summed E-state index contributed by atoms with van der Waals surface area (Å²) in [4.78, 5) is 24.6. The van der Waals surface area contributed by atoms with Crippen molar-refractivity contribution in [2.24, 2.45) is 0 Å². The van der Waals surface area contributed by atoms with Gasteiger partial charge in [-0.2, -0.15) is 0 Å². The van der Waals surface area contributed by atoms with Crippen LogP contribution in [-0.2, 0) is 14.3 Å². The van der Waals surface area contributed by atoms with Crippen LogP contribution in [0.15, 0.2) is 24.3 Å². The number of ether oxygens (including phenoxy) is 1. The van der Waals surface area contributed by atoms with E-state index in [0.29, 0.717) is 25.9 Å². The number of nitrogens with one attached hydrogen (secondary N) is 1. The fraction of sp³-hybridized carbons (Fsp3) is 0.917. The molecule has 0 aliphatic heterocycles. The minimum Gasteiger partial charge on any atom is -0.466 e. The molecule has 0 radical (unpaired) electrons. The van der Waals surface area contributed by atoms with Gasteiger partial charge in [0.05, 0.1) is 25.4 Å². The van der Waals surface area contributed by atoms with Crippen LogP contribution in [0.4, 0.5) is 0 Å². The van der Waals surface area contributed by atoms with Gasteiger partial charge in [-0.3, -0.25) is 9.59 Å². The van der Waals surface area contributed by atoms with E-state index in [1.54, 1.807) is 0 Å². The van der Waals surface area contributed by atoms with Crippen molar-refractivity contribution >= 4 is 11.9 Å². The van der Waals surface area contributed by atoms with Gasteiger partial charge < -0.3 is 20.3 Å². The Bertz CT molecular complexity index is 1220. The van der Waals surface area contributed by atoms with Gasteiger partial charge in [-0.05, 0) is 57.8 Å². The largest absolute Gasteiger partial charge is 0.466 e. The van der Waals surface area contributed by atoms with Gasteiger partial charge in [0.2, 0.25) is 5.91 Å². The Kier molecular flexibility index (Phi) is 66.4. The van der Waals surface area contributed by atoms with Gasteiger partial charge in [0.15, 0.2) is 0 Å². The molecule has 0 aliphatic rings. The van der Waals surface area contributed by atoms with E-state index in [1.165, 1.54) is 315 Å². The van der Waals surface area contributed by atoms with E-state index in [-0.39, 0.29) is 18.5 Å². The molecule has 78 heavy (non-hydrogen) atoms. The Labute approximate surface area is 488 Å². The number of unbranched alkanes of at least 4 members (excludes halogenated alkanes) is 52. The van der Waals surface area contributed by atoms with Gasteiger partial charge in [0, 0.05) is 12.8 Å². The molecule has 0 bridgehead atoms. The number of hydrogen-bond acceptors (Lipinski definition) is 5. The molecule has 6 nitrogen and oxygen atoms in total. The van der Waals surface area contributed by atoms with Crippen LogP contribution in [-0.4, -0.2) is 47.4 Å². The Morgan fingerprint density at radius 2 is 0.641 bits per heavy atom. The number of aliphatic hydroxyl groups excluding tert-OH is 2. The first-order valence-electron chi connectivity index (χ1n) is 35.6. The van der Waals surface area contributed by atoms with Gasteiger partial charge in [-0.1, -0.05) is 353 Å². The molecule has 0 heterocycles. The maximum absolute atomic E-state index is 12.5. The second-order valence-corrected chi connectivity index (χ2v) is 24.6. The molecule has 0 aliphatic carbocycles. The van der Waals surface area contributed by atoms with E-state index in [1.807, 2.05) is 0 Å². The van der Waals surface area contributed by atoms with Gasteiger partial charge in [0.1, 0.15) is 0 Å². The molecule has 0 aromatic heterocycles. The first-order chi connectivity index (χ1) is 38.5. The van der Waals surface area contributed by atoms with E-state index in [0.717, 1.165) is 51.4 Å². The van der Waals surface area contributed by atoms with Crippen molar-refractivity contribution in [2.45, 2.75) is 411 Å². The average molecular weight is 1100 g/mol. The van der Waals surface area contributed by atoms with Crippen LogP contribution in [0.3, 0.4) is 0 Å². The molecule has 6 heteroatoms. The maximum Gasteiger partial charge on any atom is 0.305 e. The van der Waals surface area contributed by atoms with Gasteiger partial charge >= 0.3 is 5.97 Å². The van der Waals surface area contributed by atoms with E-state index >= 15 is 0 Å². The summed E-state index contributed by atoms with van der Waals surface area (Å²) in [6.45, 7) is 4.96. The first-order valence-corrected chi connectivity index (χ1v) is 35.6. The highest BCUT2D eigenvalue weighted by Crippen LogP contribution is 2.19. The number of amides is 1. The minimum absolute atomic E-state index is 0.00610. The summed E-state index contributed by atoms with van der Waals surface area (Å²) in [6.07, 6.45) is 85.1. The number of rotatable bonds is 67. The number of carbonyl (C=O) groups excluding carboxylic acids is 2. The summed E-state index contributed by atoms with van der Waals surface area (Å²) in [5.41, 5.74) is 0. The predicted molar refractivity (Wildman–Crippen MR) is 343 cm³/mol. The van der Waals surface area contributed by atoms with Gasteiger partial charge in [-0.25, -0.2) is 0 Å². The molecule has 0 saturated heterocycles. The van der Waals surface area contributed by atoms with Crippen molar-refractivity contribution in [3.8, 4) is 0 Å². The first kappa shape index (κ1) is 76.3. The topological polar surface area (TPSA) is 95.9 Å². The Morgan fingerprint density at radius 1 is 0.359 bits per heavy atom. The van der Waals surface area contributed by atoms with Crippen molar-refractivity contribution in [3.63, 3.8) is 0 Å². The van der Waals surface area contributed by atoms with Crippen molar-refractivity contribution < 1.29 is 24.5 Å². The van der Waals surface area contributed by atoms with Crippen molar-refractivity contribution in [3.05, 3.63) is 24.3 Å². The minimum atomic E-state index is -0.662. The highest BCUT2D eigenvalue weighted by Gasteiger charge is 2.20. The van der Waals surface area contributed by atoms with E-state index in [9.17, 15) is 19.8 Å². The van der Waals surface area contributed by atoms with Gasteiger partial charge in [-0.15, -0.1) is 0 Å². The monoisotopic (exact) mass is 1100 g/mol. The standard InChI is InChI=1S/C72H139NO5/c1-3-5-7-9-11-13-15-17-19-33-37-40-44-48-52-56-60-64-70(75)69(68-74)73-71(76)65-61-57-53-49-45-41-38-34-31-29-27-25-23-21-20-22-24-26-28-30-32-35-39-43-47-51-55-59-63-67-78-72(77)66-62-58-54-50-46-42-36-18-16-14-12-10-8-6-4-2/h12,14,18,36,69-70,74-75H,3-11,13,15-17,19-35,37-68H2,1-2H3,(H,73,76)/b14-12-,36-18-. The lowest BCUT2D eigenvalue weighted by Gasteiger charge is -2.22. The molecule has 0 aromatic rings. The summed E-state index contributed by atoms with van der Waals surface area (Å²) < 4.78 is 5.49. The number of carbonyl (C=O) groups is 2. The summed E-state index contributed by atoms with van der Waals surface area (Å²) >= 11 is 0. The van der Waals surface area contributed by atoms with Crippen LogP contribution in [0.1, 0.15) is 399 Å². The highest BCUT2D eigenvalue weighted by molar-refractivity contribution is 5.76. The zero-order valence-corrected chi connectivity index (χ0v) is 52.9. The molecular formula is C72H139NO5. The molecule has 0 fully saturated rings. The fourth-order valence-corrected chi connectivity index (χ4v) is 11.3. The quantitative estimate of drug-likeness (QED) is 0.0320. The SMILES string of the molecule is CCCCC/C=C\C/C=C\CCCCCCCC(=O)OCCCCCCCCCCCCCCCCCCCCCCCCCCCCCCCC(=O)NC(CO)C(O)CCCCCCCCCCCCCCCCCCC. The predicted octanol–water partition coefficient (Wildman–Crippen LogP) is 22.9. The fourth-order valence-electron chi connectivity index (χ4n) is 11.3. The van der Waals surface area contributed by atoms with Gasteiger partial charge in [0.25, 0.3) is 0 Å². The van der Waals surface area contributed by atoms with Crippen LogP contribution in [0.25, 0.3) is 0 Å². The lowest BCUT2D eigenvalue weighted by Crippen LogP contribution is -2.45. The Hall–Kier alpha value is -1.66. The molecule has 0 saturated carbocycles. The maximum atomic E-state index is 12.5. The zero-order valence-electron chi connectivity index (χ0n) is 52.9. The summed E-state index contributed by atoms with van der Waals surface area (Å²) in [5, 5.41) is 23.4. The number of aliphatic hydroxyl groups is 2. The molecule has 0 aromatic carbocycles. The third-order valence-corrected chi connectivity index (χ3v) is 16.8. The van der Waals surface area contributed by atoms with E-state index in [2.05, 4.69) is 43.5 Å². The van der Waals surface area contributed by atoms with E-state index in [4.69, 9.17) is 4.74 Å². The van der Waals surface area contributed by atoms with Crippen LogP contribution < -0.4 is 5.32 Å².